The van der Waals surface area contributed by atoms with Gasteiger partial charge in [0.15, 0.2) is 0 Å². The van der Waals surface area contributed by atoms with Gasteiger partial charge >= 0.3 is 29.6 Å². The number of carboxylic acids is 1. The van der Waals surface area contributed by atoms with Crippen molar-refractivity contribution >= 4 is 11.8 Å². The molecule has 104 valence electrons. The van der Waals surface area contributed by atoms with Crippen LogP contribution in [0.4, 0.5) is 4.39 Å². The van der Waals surface area contributed by atoms with Gasteiger partial charge in [0, 0.05) is 17.8 Å². The van der Waals surface area contributed by atoms with Crippen LogP contribution in [0.25, 0.3) is 0 Å². The molecule has 0 saturated carbocycles. The summed E-state index contributed by atoms with van der Waals surface area (Å²) >= 11 is 0. The molecule has 0 spiro atoms. The summed E-state index contributed by atoms with van der Waals surface area (Å²) in [6.45, 7) is 4.82. The number of carbonyl (C=O) groups excluding carboxylic acids is 2. The summed E-state index contributed by atoms with van der Waals surface area (Å²) in [5.74, 6) is -2.89. The number of rotatable bonds is 6. The minimum atomic E-state index is -1.30. The Hall–Kier alpha value is -0.710. The molecule has 0 amide bonds. The van der Waals surface area contributed by atoms with Gasteiger partial charge in [-0.2, -0.15) is 0 Å². The van der Waals surface area contributed by atoms with Gasteiger partial charge in [-0.1, -0.05) is 26.0 Å². The first-order chi connectivity index (χ1) is 8.86. The molecule has 0 fully saturated rings. The number of hydrogen-bond acceptors (Lipinski definition) is 3. The molecule has 2 atom stereocenters. The van der Waals surface area contributed by atoms with Crippen LogP contribution >= 0.6 is 0 Å². The van der Waals surface area contributed by atoms with Crippen LogP contribution in [0.1, 0.15) is 44.2 Å². The average molecular weight is 288 g/mol. The number of carbonyl (C=O) groups is 2. The van der Waals surface area contributed by atoms with E-state index in [9.17, 15) is 19.1 Å². The summed E-state index contributed by atoms with van der Waals surface area (Å²) < 4.78 is 13.8. The van der Waals surface area contributed by atoms with Gasteiger partial charge in [0.05, 0.1) is 0 Å². The smallest absolute Gasteiger partial charge is 0.550 e. The molecule has 5 heteroatoms. The Labute approximate surface area is 140 Å². The van der Waals surface area contributed by atoms with Crippen LogP contribution in [0, 0.1) is 11.7 Å². The number of hydrogen-bond donors (Lipinski definition) is 0. The van der Waals surface area contributed by atoms with E-state index in [1.54, 1.807) is 6.07 Å². The first kappa shape index (κ1) is 19.3. The van der Waals surface area contributed by atoms with Gasteiger partial charge in [-0.15, -0.1) is 0 Å². The molecular weight excluding hydrogens is 270 g/mol. The van der Waals surface area contributed by atoms with Gasteiger partial charge in [-0.3, -0.25) is 4.79 Å². The van der Waals surface area contributed by atoms with Crippen molar-refractivity contribution in [1.82, 2.24) is 0 Å². The van der Waals surface area contributed by atoms with Crippen molar-refractivity contribution in [2.24, 2.45) is 5.92 Å². The summed E-state index contributed by atoms with van der Waals surface area (Å²) in [4.78, 5) is 22.1. The molecule has 0 aliphatic heterocycles. The Bertz CT molecular complexity index is 488. The molecule has 0 aromatic heterocycles. The molecule has 0 aliphatic carbocycles. The number of ketones is 1. The number of benzene rings is 1. The van der Waals surface area contributed by atoms with Crippen molar-refractivity contribution in [3.8, 4) is 0 Å². The van der Waals surface area contributed by atoms with Crippen molar-refractivity contribution in [3.63, 3.8) is 0 Å². The fourth-order valence-electron chi connectivity index (χ4n) is 2.04. The predicted molar refractivity (Wildman–Crippen MR) is 68.0 cm³/mol. The molecule has 0 radical (unpaired) electrons. The van der Waals surface area contributed by atoms with Crippen LogP contribution in [-0.4, -0.2) is 11.8 Å². The standard InChI is InChI=1S/C15H19FO3.Na/c1-4-12(10(3)17)7-11-5-6-13(14(16)8-11)9(2)15(18)19;/h5-6,8-9,12H,4,7H2,1-3H3,(H,18,19);/q;+1/p-1. The quantitative estimate of drug-likeness (QED) is 0.621. The zero-order valence-electron chi connectivity index (χ0n) is 12.4. The monoisotopic (exact) mass is 288 g/mol. The fourth-order valence-corrected chi connectivity index (χ4v) is 2.04. The summed E-state index contributed by atoms with van der Waals surface area (Å²) in [5, 5.41) is 10.7. The Kier molecular flexibility index (Phi) is 8.25. The summed E-state index contributed by atoms with van der Waals surface area (Å²) in [5.41, 5.74) is 0.813. The van der Waals surface area contributed by atoms with E-state index in [2.05, 4.69) is 0 Å². The Morgan fingerprint density at radius 1 is 1.35 bits per heavy atom. The maximum absolute atomic E-state index is 13.8. The maximum atomic E-state index is 13.8. The average Bonchev–Trinajstić information content (AvgIpc) is 2.34. The van der Waals surface area contributed by atoms with Gasteiger partial charge in [0.25, 0.3) is 0 Å². The van der Waals surface area contributed by atoms with Crippen molar-refractivity contribution in [1.29, 1.82) is 0 Å². The minimum Gasteiger partial charge on any atom is -0.550 e. The zero-order valence-corrected chi connectivity index (χ0v) is 14.4. The van der Waals surface area contributed by atoms with E-state index in [0.717, 1.165) is 0 Å². The molecule has 0 saturated heterocycles. The van der Waals surface area contributed by atoms with E-state index < -0.39 is 17.7 Å². The molecule has 3 nitrogen and oxygen atoms in total. The molecule has 0 aliphatic rings. The van der Waals surface area contributed by atoms with Crippen molar-refractivity contribution in [2.45, 2.75) is 39.5 Å². The number of Topliss-reactive ketones (excluding diaryl/α,β-unsaturated/α-hetero) is 1. The topological polar surface area (TPSA) is 57.2 Å². The molecule has 20 heavy (non-hydrogen) atoms. The Balaban J connectivity index is 0.00000361. The third-order valence-electron chi connectivity index (χ3n) is 3.43. The van der Waals surface area contributed by atoms with Crippen LogP contribution in [0.5, 0.6) is 0 Å². The molecule has 2 unspecified atom stereocenters. The summed E-state index contributed by atoms with van der Waals surface area (Å²) in [6, 6.07) is 4.43. The molecule has 0 N–H and O–H groups in total. The fraction of sp³-hybridized carbons (Fsp3) is 0.467. The van der Waals surface area contributed by atoms with Crippen LogP contribution in [0.15, 0.2) is 18.2 Å². The summed E-state index contributed by atoms with van der Waals surface area (Å²) in [7, 11) is 0. The van der Waals surface area contributed by atoms with Crippen molar-refractivity contribution < 1.29 is 48.6 Å². The number of halogens is 1. The first-order valence-corrected chi connectivity index (χ1v) is 6.36. The first-order valence-electron chi connectivity index (χ1n) is 6.36. The number of aliphatic carboxylic acids is 1. The second-order valence-electron chi connectivity index (χ2n) is 4.82. The van der Waals surface area contributed by atoms with Gasteiger partial charge in [-0.05, 0) is 37.0 Å². The second kappa shape index (κ2) is 8.55. The van der Waals surface area contributed by atoms with E-state index in [1.165, 1.54) is 26.0 Å². The third kappa shape index (κ3) is 5.00. The van der Waals surface area contributed by atoms with Gasteiger partial charge in [-0.25, -0.2) is 4.39 Å². The van der Waals surface area contributed by atoms with Gasteiger partial charge < -0.3 is 9.90 Å². The van der Waals surface area contributed by atoms with Crippen molar-refractivity contribution in [2.75, 3.05) is 0 Å². The zero-order chi connectivity index (χ0) is 14.6. The van der Waals surface area contributed by atoms with Crippen LogP contribution in [0.2, 0.25) is 0 Å². The normalized spacial score (nSPS) is 13.2. The molecule has 1 aromatic rings. The third-order valence-corrected chi connectivity index (χ3v) is 3.43. The van der Waals surface area contributed by atoms with Crippen molar-refractivity contribution in [3.05, 3.63) is 35.1 Å². The maximum Gasteiger partial charge on any atom is 1.00 e. The second-order valence-corrected chi connectivity index (χ2v) is 4.82. The summed E-state index contributed by atoms with van der Waals surface area (Å²) in [6.07, 6.45) is 1.18. The Morgan fingerprint density at radius 2 is 1.95 bits per heavy atom. The molecule has 0 heterocycles. The van der Waals surface area contributed by atoms with Gasteiger partial charge in [0.1, 0.15) is 11.6 Å². The molecular formula is C15H18FNaO3. The van der Waals surface area contributed by atoms with E-state index >= 15 is 0 Å². The van der Waals surface area contributed by atoms with E-state index in [0.29, 0.717) is 18.4 Å². The largest absolute Gasteiger partial charge is 1.00 e. The van der Waals surface area contributed by atoms with E-state index in [-0.39, 0.29) is 46.8 Å². The van der Waals surface area contributed by atoms with E-state index in [4.69, 9.17) is 0 Å². The SMILES string of the molecule is CCC(Cc1ccc(C(C)C(=O)[O-])c(F)c1)C(C)=O.[Na+]. The predicted octanol–water partition coefficient (Wildman–Crippen LogP) is -1.16. The number of carboxylic acid groups (broad SMARTS) is 1. The van der Waals surface area contributed by atoms with Gasteiger partial charge in [0.2, 0.25) is 0 Å². The van der Waals surface area contributed by atoms with Crippen LogP contribution in [0.3, 0.4) is 0 Å². The minimum absolute atomic E-state index is 0. The van der Waals surface area contributed by atoms with E-state index in [1.807, 2.05) is 6.92 Å². The molecule has 0 bridgehead atoms. The molecule has 1 aromatic carbocycles. The van der Waals surface area contributed by atoms with Crippen LogP contribution < -0.4 is 34.7 Å². The Morgan fingerprint density at radius 3 is 2.35 bits per heavy atom. The van der Waals surface area contributed by atoms with Crippen LogP contribution in [-0.2, 0) is 16.0 Å². The molecule has 1 rings (SSSR count).